The molecule has 176 valence electrons. The van der Waals surface area contributed by atoms with Crippen molar-refractivity contribution in [3.63, 3.8) is 0 Å². The molecule has 0 radical (unpaired) electrons. The number of hydrogen-bond donors (Lipinski definition) is 2. The Balaban J connectivity index is 1.33. The molecule has 10 heteroatoms. The van der Waals surface area contributed by atoms with Crippen LogP contribution in [0.25, 0.3) is 11.3 Å². The van der Waals surface area contributed by atoms with E-state index < -0.39 is 22.2 Å². The van der Waals surface area contributed by atoms with Crippen LogP contribution in [0.1, 0.15) is 24.8 Å². The number of nitrogens with one attached hydrogen (secondary N) is 1. The molecule has 0 aliphatic carbocycles. The highest BCUT2D eigenvalue weighted by molar-refractivity contribution is 7.89. The van der Waals surface area contributed by atoms with Crippen LogP contribution in [0, 0.1) is 12.7 Å². The van der Waals surface area contributed by atoms with Crippen molar-refractivity contribution in [1.29, 1.82) is 0 Å². The molecule has 0 saturated carbocycles. The van der Waals surface area contributed by atoms with Crippen LogP contribution in [0.3, 0.4) is 0 Å². The third-order valence-electron chi connectivity index (χ3n) is 5.77. The van der Waals surface area contributed by atoms with Gasteiger partial charge in [-0.15, -0.1) is 5.10 Å². The molecule has 1 aromatic heterocycles. The van der Waals surface area contributed by atoms with E-state index in [4.69, 9.17) is 4.74 Å². The van der Waals surface area contributed by atoms with Gasteiger partial charge in [0.1, 0.15) is 11.5 Å². The molecule has 1 saturated heterocycles. The molecule has 4 rings (SSSR count). The van der Waals surface area contributed by atoms with Crippen LogP contribution in [-0.4, -0.2) is 53.4 Å². The summed E-state index contributed by atoms with van der Waals surface area (Å²) in [6.07, 6.45) is 2.78. The monoisotopic (exact) mass is 474 g/mol. The van der Waals surface area contributed by atoms with Crippen LogP contribution in [0.4, 0.5) is 4.39 Å². The van der Waals surface area contributed by atoms with Crippen molar-refractivity contribution in [2.75, 3.05) is 6.61 Å². The van der Waals surface area contributed by atoms with Gasteiger partial charge in [-0.1, -0.05) is 35.0 Å². The van der Waals surface area contributed by atoms with Crippen LogP contribution in [0.5, 0.6) is 0 Å². The summed E-state index contributed by atoms with van der Waals surface area (Å²) in [5.74, 6) is -0.333. The first-order chi connectivity index (χ1) is 15.8. The van der Waals surface area contributed by atoms with E-state index in [9.17, 15) is 17.9 Å². The molecule has 0 spiro atoms. The average Bonchev–Trinajstić information content (AvgIpc) is 3.28. The van der Waals surface area contributed by atoms with Gasteiger partial charge in [0, 0.05) is 12.1 Å². The number of halogens is 1. The predicted molar refractivity (Wildman–Crippen MR) is 120 cm³/mol. The standard InChI is InChI=1S/C23H27FN4O4S/c1-16-5-8-20(9-6-16)33(30,31)26-21-10-7-19(32-23(21)15-29)11-12-28-14-22(25-27-28)17-3-2-4-18(24)13-17/h2-6,8-9,13-14,19,21,23,26,29H,7,10-12,15H2,1H3/t19-,21+,23+/m1/s1. The van der Waals surface area contributed by atoms with Crippen molar-refractivity contribution in [2.24, 2.45) is 0 Å². The number of aromatic nitrogens is 3. The quantitative estimate of drug-likeness (QED) is 0.520. The van der Waals surface area contributed by atoms with Crippen LogP contribution >= 0.6 is 0 Å². The van der Waals surface area contributed by atoms with Crippen molar-refractivity contribution in [2.45, 2.75) is 55.9 Å². The third kappa shape index (κ3) is 5.83. The van der Waals surface area contributed by atoms with E-state index in [2.05, 4.69) is 15.0 Å². The first kappa shape index (κ1) is 23.5. The van der Waals surface area contributed by atoms with Crippen molar-refractivity contribution in [3.8, 4) is 11.3 Å². The summed E-state index contributed by atoms with van der Waals surface area (Å²) < 4.78 is 49.2. The Morgan fingerprint density at radius 1 is 1.21 bits per heavy atom. The van der Waals surface area contributed by atoms with Gasteiger partial charge in [0.15, 0.2) is 0 Å². The van der Waals surface area contributed by atoms with Gasteiger partial charge in [0.05, 0.1) is 35.9 Å². The van der Waals surface area contributed by atoms with E-state index in [1.165, 1.54) is 12.1 Å². The second-order valence-electron chi connectivity index (χ2n) is 8.26. The minimum absolute atomic E-state index is 0.149. The highest BCUT2D eigenvalue weighted by atomic mass is 32.2. The van der Waals surface area contributed by atoms with Gasteiger partial charge in [-0.25, -0.2) is 17.5 Å². The third-order valence-corrected chi connectivity index (χ3v) is 7.28. The maximum absolute atomic E-state index is 13.4. The summed E-state index contributed by atoms with van der Waals surface area (Å²) in [4.78, 5) is 0.187. The maximum atomic E-state index is 13.4. The number of benzene rings is 2. The largest absolute Gasteiger partial charge is 0.394 e. The van der Waals surface area contributed by atoms with Gasteiger partial charge < -0.3 is 9.84 Å². The Morgan fingerprint density at radius 2 is 2.00 bits per heavy atom. The minimum atomic E-state index is -3.71. The van der Waals surface area contributed by atoms with Crippen LogP contribution in [-0.2, 0) is 21.3 Å². The molecule has 33 heavy (non-hydrogen) atoms. The summed E-state index contributed by atoms with van der Waals surface area (Å²) in [5.41, 5.74) is 2.21. The van der Waals surface area contributed by atoms with Crippen LogP contribution < -0.4 is 4.72 Å². The highest BCUT2D eigenvalue weighted by Gasteiger charge is 2.33. The van der Waals surface area contributed by atoms with Gasteiger partial charge in [0.2, 0.25) is 10.0 Å². The SMILES string of the molecule is Cc1ccc(S(=O)(=O)N[C@H]2CC[C@H](CCn3cc(-c4cccc(F)c4)nn3)O[C@H]2CO)cc1. The Labute approximate surface area is 192 Å². The van der Waals surface area contributed by atoms with E-state index in [-0.39, 0.29) is 23.4 Å². The lowest BCUT2D eigenvalue weighted by molar-refractivity contribution is -0.0891. The van der Waals surface area contributed by atoms with E-state index in [0.717, 1.165) is 5.56 Å². The van der Waals surface area contributed by atoms with Gasteiger partial charge in [-0.3, -0.25) is 4.68 Å². The first-order valence-electron chi connectivity index (χ1n) is 10.9. The fourth-order valence-electron chi connectivity index (χ4n) is 3.93. The number of aryl methyl sites for hydroxylation is 2. The summed E-state index contributed by atoms with van der Waals surface area (Å²) in [5, 5.41) is 18.0. The number of sulfonamides is 1. The molecule has 0 amide bonds. The average molecular weight is 475 g/mol. The molecule has 0 unspecified atom stereocenters. The molecule has 2 N–H and O–H groups in total. The maximum Gasteiger partial charge on any atom is 0.240 e. The summed E-state index contributed by atoms with van der Waals surface area (Å²) in [6.45, 7) is 2.14. The van der Waals surface area contributed by atoms with Crippen molar-refractivity contribution in [1.82, 2.24) is 19.7 Å². The van der Waals surface area contributed by atoms with Gasteiger partial charge in [-0.05, 0) is 50.5 Å². The zero-order chi connectivity index (χ0) is 23.4. The number of aliphatic hydroxyl groups is 1. The summed E-state index contributed by atoms with van der Waals surface area (Å²) in [7, 11) is -3.71. The van der Waals surface area contributed by atoms with Gasteiger partial charge in [-0.2, -0.15) is 0 Å². The number of rotatable bonds is 8. The Bertz CT molecular complexity index is 1180. The lowest BCUT2D eigenvalue weighted by Crippen LogP contribution is -2.50. The molecule has 3 aromatic rings. The van der Waals surface area contributed by atoms with E-state index >= 15 is 0 Å². The number of aliphatic hydroxyl groups excluding tert-OH is 1. The van der Waals surface area contributed by atoms with Crippen molar-refractivity contribution >= 4 is 10.0 Å². The Hall–Kier alpha value is -2.66. The topological polar surface area (TPSA) is 106 Å². The lowest BCUT2D eigenvalue weighted by atomic mass is 9.98. The molecule has 3 atom stereocenters. The molecular formula is C23H27FN4O4S. The van der Waals surface area contributed by atoms with Crippen molar-refractivity contribution in [3.05, 3.63) is 66.1 Å². The molecule has 8 nitrogen and oxygen atoms in total. The van der Waals surface area contributed by atoms with Crippen molar-refractivity contribution < 1.29 is 22.7 Å². The van der Waals surface area contributed by atoms with E-state index in [1.807, 2.05) is 6.92 Å². The van der Waals surface area contributed by atoms with Gasteiger partial charge >= 0.3 is 0 Å². The number of hydrogen-bond acceptors (Lipinski definition) is 6. The fourth-order valence-corrected chi connectivity index (χ4v) is 5.23. The zero-order valence-electron chi connectivity index (χ0n) is 18.3. The molecule has 2 aromatic carbocycles. The second kappa shape index (κ2) is 10.1. The summed E-state index contributed by atoms with van der Waals surface area (Å²) in [6, 6.07) is 12.3. The highest BCUT2D eigenvalue weighted by Crippen LogP contribution is 2.24. The zero-order valence-corrected chi connectivity index (χ0v) is 19.1. The summed E-state index contributed by atoms with van der Waals surface area (Å²) >= 11 is 0. The van der Waals surface area contributed by atoms with E-state index in [0.29, 0.717) is 37.1 Å². The van der Waals surface area contributed by atoms with Crippen LogP contribution in [0.15, 0.2) is 59.6 Å². The van der Waals surface area contributed by atoms with E-state index in [1.54, 1.807) is 47.3 Å². The molecule has 2 heterocycles. The molecule has 0 bridgehead atoms. The normalized spacial score (nSPS) is 21.2. The molecule has 1 aliphatic rings. The minimum Gasteiger partial charge on any atom is -0.394 e. The smallest absolute Gasteiger partial charge is 0.240 e. The number of nitrogens with zero attached hydrogens (tertiary/aromatic N) is 3. The second-order valence-corrected chi connectivity index (χ2v) is 9.98. The Morgan fingerprint density at radius 3 is 2.73 bits per heavy atom. The molecular weight excluding hydrogens is 447 g/mol. The van der Waals surface area contributed by atoms with Crippen LogP contribution in [0.2, 0.25) is 0 Å². The first-order valence-corrected chi connectivity index (χ1v) is 12.3. The molecule has 1 fully saturated rings. The molecule has 1 aliphatic heterocycles. The predicted octanol–water partition coefficient (Wildman–Crippen LogP) is 2.67. The number of ether oxygens (including phenoxy) is 1. The fraction of sp³-hybridized carbons (Fsp3) is 0.391. The lowest BCUT2D eigenvalue weighted by Gasteiger charge is -2.36. The van der Waals surface area contributed by atoms with Gasteiger partial charge in [0.25, 0.3) is 0 Å². The Kier molecular flexibility index (Phi) is 7.18.